The Morgan fingerprint density at radius 3 is 2.74 bits per heavy atom. The van der Waals surface area contributed by atoms with Crippen LogP contribution in [0.25, 0.3) is 22.0 Å². The van der Waals surface area contributed by atoms with Gasteiger partial charge in [0.15, 0.2) is 5.69 Å². The molecule has 1 fully saturated rings. The van der Waals surface area contributed by atoms with Crippen molar-refractivity contribution >= 4 is 22.5 Å². The number of fused-ring (bicyclic) bond motifs is 1. The van der Waals surface area contributed by atoms with Gasteiger partial charge in [-0.05, 0) is 61.3 Å². The maximum Gasteiger partial charge on any atom is 0.276 e. The van der Waals surface area contributed by atoms with E-state index in [-0.39, 0.29) is 11.4 Å². The zero-order chi connectivity index (χ0) is 21.4. The van der Waals surface area contributed by atoms with Crippen molar-refractivity contribution in [1.29, 1.82) is 0 Å². The lowest BCUT2D eigenvalue weighted by atomic mass is 10.1. The number of nitrogens with one attached hydrogen (secondary N) is 2. The number of likely N-dealkylation sites (tertiary alicyclic amines) is 1. The van der Waals surface area contributed by atoms with Crippen LogP contribution in [0.1, 0.15) is 28.9 Å². The van der Waals surface area contributed by atoms with E-state index in [1.165, 1.54) is 18.9 Å². The highest BCUT2D eigenvalue weighted by Gasteiger charge is 2.18. The average molecular weight is 418 g/mol. The van der Waals surface area contributed by atoms with Gasteiger partial charge in [-0.3, -0.25) is 19.5 Å². The van der Waals surface area contributed by atoms with Gasteiger partial charge < -0.3 is 5.32 Å². The molecule has 1 aliphatic heterocycles. The van der Waals surface area contributed by atoms with Crippen molar-refractivity contribution in [3.05, 3.63) is 65.9 Å². The van der Waals surface area contributed by atoms with Crippen molar-refractivity contribution in [1.82, 2.24) is 24.9 Å². The van der Waals surface area contributed by atoms with E-state index in [2.05, 4.69) is 25.5 Å². The summed E-state index contributed by atoms with van der Waals surface area (Å²) < 4.78 is 16.4. The number of nitrogens with zero attached hydrogens (tertiary/aromatic N) is 4. The Morgan fingerprint density at radius 2 is 2.00 bits per heavy atom. The number of aryl methyl sites for hydroxylation is 1. The van der Waals surface area contributed by atoms with Gasteiger partial charge in [-0.2, -0.15) is 10.2 Å². The van der Waals surface area contributed by atoms with E-state index in [4.69, 9.17) is 0 Å². The maximum absolute atomic E-state index is 14.7. The highest BCUT2D eigenvalue weighted by molar-refractivity contribution is 6.11. The number of amides is 1. The zero-order valence-electron chi connectivity index (χ0n) is 17.2. The molecule has 1 aliphatic rings. The predicted octanol–water partition coefficient (Wildman–Crippen LogP) is 3.95. The van der Waals surface area contributed by atoms with Crippen LogP contribution in [-0.4, -0.2) is 43.9 Å². The van der Waals surface area contributed by atoms with Gasteiger partial charge in [-0.25, -0.2) is 4.39 Å². The van der Waals surface area contributed by atoms with Gasteiger partial charge >= 0.3 is 0 Å². The molecule has 31 heavy (non-hydrogen) atoms. The first-order valence-electron chi connectivity index (χ1n) is 10.4. The second-order valence-corrected chi connectivity index (χ2v) is 7.99. The Hall–Kier alpha value is -3.52. The molecule has 0 saturated carbocycles. The molecule has 0 radical (unpaired) electrons. The molecule has 2 aromatic carbocycles. The van der Waals surface area contributed by atoms with Gasteiger partial charge in [-0.15, -0.1) is 0 Å². The number of hydrogen-bond donors (Lipinski definition) is 2. The van der Waals surface area contributed by atoms with Crippen LogP contribution in [0.3, 0.4) is 0 Å². The lowest BCUT2D eigenvalue weighted by Gasteiger charge is -2.15. The van der Waals surface area contributed by atoms with Crippen LogP contribution in [0.15, 0.2) is 48.8 Å². The molecule has 5 rings (SSSR count). The quantitative estimate of drug-likeness (QED) is 0.514. The van der Waals surface area contributed by atoms with E-state index in [9.17, 15) is 9.18 Å². The second kappa shape index (κ2) is 7.96. The van der Waals surface area contributed by atoms with Crippen molar-refractivity contribution in [2.24, 2.45) is 7.05 Å². The fraction of sp³-hybridized carbons (Fsp3) is 0.261. The van der Waals surface area contributed by atoms with E-state index >= 15 is 0 Å². The Labute approximate surface area is 178 Å². The van der Waals surface area contributed by atoms with Crippen molar-refractivity contribution < 1.29 is 9.18 Å². The third-order valence-electron chi connectivity index (χ3n) is 5.70. The van der Waals surface area contributed by atoms with Crippen molar-refractivity contribution in [3.63, 3.8) is 0 Å². The average Bonchev–Trinajstić information content (AvgIpc) is 3.50. The second-order valence-electron chi connectivity index (χ2n) is 7.99. The number of carbonyl (C=O) groups excluding carboxylic acids is 1. The van der Waals surface area contributed by atoms with Crippen molar-refractivity contribution in [2.75, 3.05) is 18.4 Å². The number of aromatic amines is 1. The maximum atomic E-state index is 14.7. The molecule has 7 nitrogen and oxygen atoms in total. The number of halogens is 1. The van der Waals surface area contributed by atoms with E-state index < -0.39 is 11.7 Å². The van der Waals surface area contributed by atoms with E-state index in [1.54, 1.807) is 16.9 Å². The first-order valence-corrected chi connectivity index (χ1v) is 10.4. The van der Waals surface area contributed by atoms with Crippen LogP contribution >= 0.6 is 0 Å². The minimum absolute atomic E-state index is 0.148. The molecule has 3 heterocycles. The van der Waals surface area contributed by atoms with Crippen LogP contribution in [-0.2, 0) is 13.6 Å². The molecule has 2 N–H and O–H groups in total. The molecular weight excluding hydrogens is 395 g/mol. The summed E-state index contributed by atoms with van der Waals surface area (Å²) in [5, 5.41) is 14.6. The smallest absolute Gasteiger partial charge is 0.276 e. The lowest BCUT2D eigenvalue weighted by molar-refractivity contribution is 0.102. The number of aromatic nitrogens is 4. The van der Waals surface area contributed by atoms with Crippen molar-refractivity contribution in [2.45, 2.75) is 19.4 Å². The van der Waals surface area contributed by atoms with E-state index in [0.717, 1.165) is 41.8 Å². The number of anilines is 1. The van der Waals surface area contributed by atoms with Gasteiger partial charge in [0.2, 0.25) is 0 Å². The Morgan fingerprint density at radius 1 is 1.16 bits per heavy atom. The van der Waals surface area contributed by atoms with Crippen molar-refractivity contribution in [3.8, 4) is 11.1 Å². The van der Waals surface area contributed by atoms with Gasteiger partial charge in [0.25, 0.3) is 5.91 Å². The summed E-state index contributed by atoms with van der Waals surface area (Å²) in [5.74, 6) is -0.901. The highest BCUT2D eigenvalue weighted by Crippen LogP contribution is 2.26. The Bertz CT molecular complexity index is 1250. The molecule has 0 bridgehead atoms. The summed E-state index contributed by atoms with van der Waals surface area (Å²) in [5.41, 5.74) is 3.88. The zero-order valence-corrected chi connectivity index (χ0v) is 17.2. The molecule has 1 saturated heterocycles. The number of H-pyrrole nitrogens is 1. The van der Waals surface area contributed by atoms with Gasteiger partial charge in [0.05, 0.1) is 17.4 Å². The normalized spacial score (nSPS) is 14.4. The summed E-state index contributed by atoms with van der Waals surface area (Å²) >= 11 is 0. The first-order chi connectivity index (χ1) is 15.1. The largest absolute Gasteiger partial charge is 0.318 e. The Balaban J connectivity index is 1.37. The van der Waals surface area contributed by atoms with E-state index in [1.807, 2.05) is 37.5 Å². The molecule has 0 spiro atoms. The molecule has 4 aromatic rings. The molecule has 2 aromatic heterocycles. The molecule has 158 valence electrons. The Kier molecular flexibility index (Phi) is 4.99. The summed E-state index contributed by atoms with van der Waals surface area (Å²) in [6.45, 7) is 2.83. The monoisotopic (exact) mass is 418 g/mol. The minimum Gasteiger partial charge on any atom is -0.318 e. The number of carbonyl (C=O) groups is 1. The van der Waals surface area contributed by atoms with Gasteiger partial charge in [0.1, 0.15) is 5.82 Å². The highest BCUT2D eigenvalue weighted by atomic mass is 19.1. The fourth-order valence-corrected chi connectivity index (χ4v) is 4.08. The molecule has 0 atom stereocenters. The number of hydrogen-bond acceptors (Lipinski definition) is 4. The topological polar surface area (TPSA) is 78.8 Å². The summed E-state index contributed by atoms with van der Waals surface area (Å²) in [7, 11) is 1.85. The summed E-state index contributed by atoms with van der Waals surface area (Å²) in [4.78, 5) is 15.2. The van der Waals surface area contributed by atoms with Crippen LogP contribution < -0.4 is 5.32 Å². The molecular formula is C23H23FN6O. The predicted molar refractivity (Wildman–Crippen MR) is 117 cm³/mol. The van der Waals surface area contributed by atoms with Crippen LogP contribution in [0.5, 0.6) is 0 Å². The van der Waals surface area contributed by atoms with Crippen LogP contribution in [0.4, 0.5) is 10.1 Å². The standard InChI is InChI=1S/C23H23FN6O/c1-29-14-17(12-25-29)16-5-7-20-18(11-16)22(28-27-20)23(31)26-21-6-4-15(10-19(21)24)13-30-8-2-3-9-30/h4-7,10-12,14H,2-3,8-9,13H2,1H3,(H,26,31)(H,27,28). The number of benzene rings is 2. The summed E-state index contributed by atoms with van der Waals surface area (Å²) in [6.07, 6.45) is 6.05. The third-order valence-corrected chi connectivity index (χ3v) is 5.70. The summed E-state index contributed by atoms with van der Waals surface area (Å²) in [6, 6.07) is 10.7. The molecule has 0 unspecified atom stereocenters. The van der Waals surface area contributed by atoms with E-state index in [0.29, 0.717) is 5.39 Å². The third kappa shape index (κ3) is 3.94. The number of rotatable bonds is 5. The fourth-order valence-electron chi connectivity index (χ4n) is 4.08. The van der Waals surface area contributed by atoms with Gasteiger partial charge in [-0.1, -0.05) is 12.1 Å². The van der Waals surface area contributed by atoms with Gasteiger partial charge in [0, 0.05) is 30.7 Å². The SMILES string of the molecule is Cn1cc(-c2ccc3[nH]nc(C(=O)Nc4ccc(CN5CCCC5)cc4F)c3c2)cn1. The van der Waals surface area contributed by atoms with Crippen LogP contribution in [0.2, 0.25) is 0 Å². The van der Waals surface area contributed by atoms with Crippen LogP contribution in [0, 0.1) is 5.82 Å². The lowest BCUT2D eigenvalue weighted by Crippen LogP contribution is -2.18. The first kappa shape index (κ1) is 19.4. The molecule has 0 aliphatic carbocycles. The molecule has 1 amide bonds. The minimum atomic E-state index is -0.458. The molecule has 8 heteroatoms.